The molecule has 0 radical (unpaired) electrons. The average molecular weight is 293 g/mol. The summed E-state index contributed by atoms with van der Waals surface area (Å²) in [6.45, 7) is 2.07. The van der Waals surface area contributed by atoms with Crippen molar-refractivity contribution in [3.63, 3.8) is 0 Å². The maximum absolute atomic E-state index is 11.9. The molecule has 9 heteroatoms. The van der Waals surface area contributed by atoms with Crippen LogP contribution in [0, 0.1) is 10.1 Å². The standard InChI is InChI=1S/C11H14F3N3O3/c1-2-15-9-6-8(17(18)19)7-10(16-9)20-5-3-4-11(12,13)14/h6-7H,2-5H2,1H3,(H,15,16). The topological polar surface area (TPSA) is 77.3 Å². The predicted molar refractivity (Wildman–Crippen MR) is 65.8 cm³/mol. The number of anilines is 1. The Kier molecular flexibility index (Phi) is 5.53. The molecule has 0 saturated carbocycles. The first kappa shape index (κ1) is 16.0. The molecule has 0 aliphatic rings. The number of alkyl halides is 3. The molecule has 0 aliphatic heterocycles. The maximum atomic E-state index is 11.9. The third-order valence-electron chi connectivity index (χ3n) is 2.21. The van der Waals surface area contributed by atoms with Gasteiger partial charge in [-0.2, -0.15) is 18.2 Å². The molecule has 1 aromatic heterocycles. The lowest BCUT2D eigenvalue weighted by Gasteiger charge is -2.09. The van der Waals surface area contributed by atoms with Gasteiger partial charge in [0.25, 0.3) is 5.69 Å². The maximum Gasteiger partial charge on any atom is 0.389 e. The molecule has 0 atom stereocenters. The smallest absolute Gasteiger partial charge is 0.389 e. The highest BCUT2D eigenvalue weighted by atomic mass is 19.4. The molecule has 0 aromatic carbocycles. The number of aromatic nitrogens is 1. The van der Waals surface area contributed by atoms with E-state index in [1.54, 1.807) is 6.92 Å². The van der Waals surface area contributed by atoms with E-state index in [4.69, 9.17) is 4.74 Å². The Balaban J connectivity index is 2.66. The molecule has 0 saturated heterocycles. The van der Waals surface area contributed by atoms with Gasteiger partial charge >= 0.3 is 6.18 Å². The number of rotatable bonds is 7. The van der Waals surface area contributed by atoms with Crippen LogP contribution in [-0.4, -0.2) is 29.2 Å². The Labute approximate surface area is 113 Å². The van der Waals surface area contributed by atoms with Crippen LogP contribution >= 0.6 is 0 Å². The van der Waals surface area contributed by atoms with Crippen molar-refractivity contribution in [1.82, 2.24) is 4.98 Å². The first-order chi connectivity index (χ1) is 9.31. The highest BCUT2D eigenvalue weighted by Gasteiger charge is 2.26. The van der Waals surface area contributed by atoms with E-state index in [9.17, 15) is 23.3 Å². The Hall–Kier alpha value is -2.06. The lowest BCUT2D eigenvalue weighted by Crippen LogP contribution is -2.10. The normalized spacial score (nSPS) is 11.2. The average Bonchev–Trinajstić information content (AvgIpc) is 2.33. The molecule has 0 amide bonds. The third-order valence-corrected chi connectivity index (χ3v) is 2.21. The van der Waals surface area contributed by atoms with Crippen LogP contribution in [0.25, 0.3) is 0 Å². The van der Waals surface area contributed by atoms with E-state index < -0.39 is 17.5 Å². The monoisotopic (exact) mass is 293 g/mol. The largest absolute Gasteiger partial charge is 0.477 e. The fourth-order valence-corrected chi connectivity index (χ4v) is 1.39. The molecule has 1 heterocycles. The lowest BCUT2D eigenvalue weighted by atomic mass is 10.3. The number of hydrogen-bond donors (Lipinski definition) is 1. The highest BCUT2D eigenvalue weighted by Crippen LogP contribution is 2.24. The van der Waals surface area contributed by atoms with Gasteiger partial charge < -0.3 is 10.1 Å². The van der Waals surface area contributed by atoms with Crippen LogP contribution in [-0.2, 0) is 0 Å². The summed E-state index contributed by atoms with van der Waals surface area (Å²) < 4.78 is 40.9. The SMILES string of the molecule is CCNc1cc([N+](=O)[O-])cc(OCCCC(F)(F)F)n1. The van der Waals surface area contributed by atoms with Crippen LogP contribution in [0.4, 0.5) is 24.7 Å². The Morgan fingerprint density at radius 2 is 2.15 bits per heavy atom. The molecular weight excluding hydrogens is 279 g/mol. The summed E-state index contributed by atoms with van der Waals surface area (Å²) in [6.07, 6.45) is -5.44. The van der Waals surface area contributed by atoms with Crippen molar-refractivity contribution in [3.8, 4) is 5.88 Å². The molecule has 1 rings (SSSR count). The van der Waals surface area contributed by atoms with Crippen LogP contribution in [0.1, 0.15) is 19.8 Å². The molecule has 6 nitrogen and oxygen atoms in total. The molecule has 0 bridgehead atoms. The summed E-state index contributed by atoms with van der Waals surface area (Å²) in [7, 11) is 0. The van der Waals surface area contributed by atoms with Gasteiger partial charge in [-0.3, -0.25) is 10.1 Å². The first-order valence-electron chi connectivity index (χ1n) is 5.91. The first-order valence-corrected chi connectivity index (χ1v) is 5.91. The van der Waals surface area contributed by atoms with Gasteiger partial charge in [-0.25, -0.2) is 0 Å². The summed E-state index contributed by atoms with van der Waals surface area (Å²) in [5.74, 6) is 0.171. The number of hydrogen-bond acceptors (Lipinski definition) is 5. The molecule has 20 heavy (non-hydrogen) atoms. The molecule has 0 unspecified atom stereocenters. The van der Waals surface area contributed by atoms with E-state index in [0.29, 0.717) is 6.54 Å². The molecule has 0 fully saturated rings. The zero-order valence-electron chi connectivity index (χ0n) is 10.7. The van der Waals surface area contributed by atoms with Gasteiger partial charge in [0.15, 0.2) is 0 Å². The van der Waals surface area contributed by atoms with E-state index in [1.807, 2.05) is 0 Å². The fourth-order valence-electron chi connectivity index (χ4n) is 1.39. The minimum absolute atomic E-state index is 0.0719. The Bertz CT molecular complexity index is 466. The van der Waals surface area contributed by atoms with Gasteiger partial charge in [0.05, 0.1) is 23.7 Å². The summed E-state index contributed by atoms with van der Waals surface area (Å²) >= 11 is 0. The fraction of sp³-hybridized carbons (Fsp3) is 0.545. The van der Waals surface area contributed by atoms with Crippen molar-refractivity contribution in [2.75, 3.05) is 18.5 Å². The molecule has 1 aromatic rings. The van der Waals surface area contributed by atoms with Crippen LogP contribution in [0.2, 0.25) is 0 Å². The second-order valence-electron chi connectivity index (χ2n) is 3.90. The molecule has 0 aliphatic carbocycles. The number of ether oxygens (including phenoxy) is 1. The zero-order valence-corrected chi connectivity index (χ0v) is 10.7. The minimum Gasteiger partial charge on any atom is -0.477 e. The predicted octanol–water partition coefficient (Wildman–Crippen LogP) is 3.14. The lowest BCUT2D eigenvalue weighted by molar-refractivity contribution is -0.384. The van der Waals surface area contributed by atoms with Crippen molar-refractivity contribution in [1.29, 1.82) is 0 Å². The molecule has 1 N–H and O–H groups in total. The third kappa shape index (κ3) is 5.72. The van der Waals surface area contributed by atoms with Gasteiger partial charge in [-0.15, -0.1) is 0 Å². The summed E-state index contributed by atoms with van der Waals surface area (Å²) in [5, 5.41) is 13.5. The van der Waals surface area contributed by atoms with Crippen LogP contribution in [0.5, 0.6) is 5.88 Å². The Morgan fingerprint density at radius 3 is 2.70 bits per heavy atom. The minimum atomic E-state index is -4.24. The molecular formula is C11H14F3N3O3. The number of nitro groups is 1. The zero-order chi connectivity index (χ0) is 15.2. The van der Waals surface area contributed by atoms with Crippen LogP contribution < -0.4 is 10.1 Å². The van der Waals surface area contributed by atoms with Crippen molar-refractivity contribution >= 4 is 11.5 Å². The number of nitrogens with zero attached hydrogens (tertiary/aromatic N) is 2. The second-order valence-corrected chi connectivity index (χ2v) is 3.90. The number of pyridine rings is 1. The Morgan fingerprint density at radius 1 is 1.45 bits per heavy atom. The second kappa shape index (κ2) is 6.92. The van der Waals surface area contributed by atoms with Crippen molar-refractivity contribution < 1.29 is 22.8 Å². The van der Waals surface area contributed by atoms with E-state index >= 15 is 0 Å². The van der Waals surface area contributed by atoms with E-state index in [1.165, 1.54) is 6.07 Å². The van der Waals surface area contributed by atoms with Gasteiger partial charge in [0.2, 0.25) is 5.88 Å². The number of nitrogens with one attached hydrogen (secondary N) is 1. The van der Waals surface area contributed by atoms with Crippen LogP contribution in [0.15, 0.2) is 12.1 Å². The van der Waals surface area contributed by atoms with E-state index in [0.717, 1.165) is 6.07 Å². The van der Waals surface area contributed by atoms with Gasteiger partial charge in [-0.05, 0) is 13.3 Å². The van der Waals surface area contributed by atoms with Gasteiger partial charge in [0, 0.05) is 13.0 Å². The summed E-state index contributed by atoms with van der Waals surface area (Å²) in [4.78, 5) is 14.0. The van der Waals surface area contributed by atoms with Crippen LogP contribution in [0.3, 0.4) is 0 Å². The summed E-state index contributed by atoms with van der Waals surface area (Å²) in [6, 6.07) is 2.31. The van der Waals surface area contributed by atoms with Gasteiger partial charge in [-0.1, -0.05) is 0 Å². The quantitative estimate of drug-likeness (QED) is 0.474. The summed E-state index contributed by atoms with van der Waals surface area (Å²) in [5.41, 5.74) is -0.234. The van der Waals surface area contributed by atoms with E-state index in [2.05, 4.69) is 10.3 Å². The molecule has 0 spiro atoms. The van der Waals surface area contributed by atoms with E-state index in [-0.39, 0.29) is 30.4 Å². The highest BCUT2D eigenvalue weighted by molar-refractivity contribution is 5.48. The van der Waals surface area contributed by atoms with Gasteiger partial charge in [0.1, 0.15) is 5.82 Å². The molecule has 112 valence electrons. The number of halogens is 3. The van der Waals surface area contributed by atoms with Crippen molar-refractivity contribution in [2.24, 2.45) is 0 Å². The van der Waals surface area contributed by atoms with Crippen molar-refractivity contribution in [2.45, 2.75) is 25.9 Å². The van der Waals surface area contributed by atoms with Crippen molar-refractivity contribution in [3.05, 3.63) is 22.2 Å².